The first-order valence-electron chi connectivity index (χ1n) is 10.8. The molecule has 0 aliphatic carbocycles. The van der Waals surface area contributed by atoms with Crippen molar-refractivity contribution in [3.63, 3.8) is 0 Å². The maximum absolute atomic E-state index is 14.1. The number of hydrogen-bond acceptors (Lipinski definition) is 8. The molecule has 1 fully saturated rings. The summed E-state index contributed by atoms with van der Waals surface area (Å²) in [4.78, 5) is 0. The lowest BCUT2D eigenvalue weighted by Gasteiger charge is -2.43. The monoisotopic (exact) mass is 490 g/mol. The van der Waals surface area contributed by atoms with Crippen molar-refractivity contribution in [2.24, 2.45) is 0 Å². The summed E-state index contributed by atoms with van der Waals surface area (Å²) in [6, 6.07) is 6.14. The molecule has 5 N–H and O–H groups in total. The van der Waals surface area contributed by atoms with Gasteiger partial charge in [0.25, 0.3) is 0 Å². The number of rotatable bonds is 7. The van der Waals surface area contributed by atoms with Gasteiger partial charge in [0.2, 0.25) is 5.88 Å². The molecule has 190 valence electrons. The smallest absolute Gasteiger partial charge is 0.417 e. The Morgan fingerprint density at radius 2 is 1.71 bits per heavy atom. The van der Waals surface area contributed by atoms with Crippen molar-refractivity contribution in [1.29, 1.82) is 0 Å². The van der Waals surface area contributed by atoms with E-state index >= 15 is 0 Å². The third-order valence-corrected chi connectivity index (χ3v) is 5.71. The fraction of sp³-hybridized carbons (Fsp3) is 0.591. The van der Waals surface area contributed by atoms with Gasteiger partial charge in [-0.05, 0) is 31.4 Å². The van der Waals surface area contributed by atoms with Crippen molar-refractivity contribution < 1.29 is 48.2 Å². The van der Waals surface area contributed by atoms with E-state index in [0.717, 1.165) is 12.0 Å². The Morgan fingerprint density at radius 3 is 2.21 bits per heavy atom. The SMILES string of the molecule is CCc1ccc(Cc2c(O[C@]3(O)O[C@H](CO)[C@@H](O)[C@H](O)[C@H]3O)nn(C(C)C)c2C(F)(F)F)cc1. The minimum absolute atomic E-state index is 0.276. The van der Waals surface area contributed by atoms with Crippen LogP contribution in [0.25, 0.3) is 0 Å². The van der Waals surface area contributed by atoms with E-state index in [9.17, 15) is 38.7 Å². The van der Waals surface area contributed by atoms with E-state index in [1.54, 1.807) is 24.3 Å². The summed E-state index contributed by atoms with van der Waals surface area (Å²) in [5.74, 6) is -3.77. The first-order valence-corrected chi connectivity index (χ1v) is 10.8. The summed E-state index contributed by atoms with van der Waals surface area (Å²) in [6.07, 6.45) is -12.0. The van der Waals surface area contributed by atoms with Gasteiger partial charge >= 0.3 is 12.1 Å². The number of aliphatic hydroxyl groups is 5. The molecule has 3 rings (SSSR count). The molecule has 34 heavy (non-hydrogen) atoms. The molecule has 0 amide bonds. The molecule has 2 heterocycles. The molecule has 0 bridgehead atoms. The van der Waals surface area contributed by atoms with Crippen LogP contribution in [0.5, 0.6) is 5.88 Å². The molecule has 1 aliphatic rings. The van der Waals surface area contributed by atoms with Gasteiger partial charge in [0, 0.05) is 12.5 Å². The second-order valence-corrected chi connectivity index (χ2v) is 8.51. The number of alkyl halides is 3. The molecule has 9 nitrogen and oxygen atoms in total. The van der Waals surface area contributed by atoms with Gasteiger partial charge in [0.1, 0.15) is 24.0 Å². The zero-order chi connectivity index (χ0) is 25.4. The normalized spacial score (nSPS) is 27.9. The predicted molar refractivity (Wildman–Crippen MR) is 112 cm³/mol. The molecular weight excluding hydrogens is 461 g/mol. The summed E-state index contributed by atoms with van der Waals surface area (Å²) in [5, 5.41) is 54.3. The maximum Gasteiger partial charge on any atom is 0.433 e. The molecule has 1 aromatic carbocycles. The van der Waals surface area contributed by atoms with Gasteiger partial charge in [-0.2, -0.15) is 13.2 Å². The van der Waals surface area contributed by atoms with Crippen LogP contribution >= 0.6 is 0 Å². The van der Waals surface area contributed by atoms with Crippen LogP contribution in [-0.4, -0.2) is 72.3 Å². The number of aliphatic hydroxyl groups excluding tert-OH is 4. The molecule has 1 aliphatic heterocycles. The summed E-state index contributed by atoms with van der Waals surface area (Å²) < 4.78 is 53.4. The third-order valence-electron chi connectivity index (χ3n) is 5.71. The second-order valence-electron chi connectivity index (χ2n) is 8.51. The van der Waals surface area contributed by atoms with Crippen molar-refractivity contribution in [2.75, 3.05) is 6.61 Å². The molecule has 5 atom stereocenters. The number of nitrogens with zero attached hydrogens (tertiary/aromatic N) is 2. The quantitative estimate of drug-likeness (QED) is 0.365. The van der Waals surface area contributed by atoms with Crippen LogP contribution in [0, 0.1) is 0 Å². The summed E-state index contributed by atoms with van der Waals surface area (Å²) >= 11 is 0. The number of aryl methyl sites for hydroxylation is 1. The van der Waals surface area contributed by atoms with Crippen molar-refractivity contribution in [1.82, 2.24) is 9.78 Å². The lowest BCUT2D eigenvalue weighted by molar-refractivity contribution is -0.423. The Bertz CT molecular complexity index is 978. The molecule has 1 saturated heterocycles. The first-order chi connectivity index (χ1) is 15.8. The molecular formula is C22H29F3N2O7. The molecule has 1 aromatic heterocycles. The highest BCUT2D eigenvalue weighted by atomic mass is 19.4. The lowest BCUT2D eigenvalue weighted by atomic mass is 9.97. The summed E-state index contributed by atoms with van der Waals surface area (Å²) in [7, 11) is 0. The average Bonchev–Trinajstić information content (AvgIpc) is 3.14. The topological polar surface area (TPSA) is 137 Å². The Labute approximate surface area is 194 Å². The summed E-state index contributed by atoms with van der Waals surface area (Å²) in [5.41, 5.74) is -0.0254. The Hall–Kier alpha value is -2.22. The number of hydrogen-bond donors (Lipinski definition) is 5. The molecule has 0 radical (unpaired) electrons. The van der Waals surface area contributed by atoms with E-state index in [4.69, 9.17) is 9.47 Å². The standard InChI is InChI=1S/C22H29F3N2O7/c1-4-12-5-7-13(8-6-12)9-14-18(21(23,24)25)27(11(2)3)26-20(14)34-22(32)19(31)17(30)16(29)15(10-28)33-22/h5-8,11,15-17,19,28-32H,4,9-10H2,1-3H3/t15-,16-,17+,19-,22-/m1/s1. The van der Waals surface area contributed by atoms with Crippen molar-refractivity contribution in [2.45, 2.75) is 76.2 Å². The predicted octanol–water partition coefficient (Wildman–Crippen LogP) is 1.13. The van der Waals surface area contributed by atoms with E-state index in [1.165, 1.54) is 13.8 Å². The van der Waals surface area contributed by atoms with Gasteiger partial charge in [-0.25, -0.2) is 0 Å². The van der Waals surface area contributed by atoms with Crippen LogP contribution in [0.1, 0.15) is 49.2 Å². The highest BCUT2D eigenvalue weighted by Gasteiger charge is 2.56. The lowest BCUT2D eigenvalue weighted by Crippen LogP contribution is -2.67. The van der Waals surface area contributed by atoms with E-state index < -0.39 is 66.4 Å². The van der Waals surface area contributed by atoms with E-state index in [0.29, 0.717) is 10.2 Å². The van der Waals surface area contributed by atoms with Gasteiger partial charge in [-0.3, -0.25) is 4.68 Å². The fourth-order valence-electron chi connectivity index (χ4n) is 3.81. The highest BCUT2D eigenvalue weighted by molar-refractivity contribution is 5.39. The van der Waals surface area contributed by atoms with Gasteiger partial charge in [0.05, 0.1) is 12.2 Å². The molecule has 0 spiro atoms. The number of halogens is 3. The van der Waals surface area contributed by atoms with Gasteiger partial charge < -0.3 is 35.0 Å². The fourth-order valence-corrected chi connectivity index (χ4v) is 3.81. The molecule has 12 heteroatoms. The Balaban J connectivity index is 2.10. The first kappa shape index (κ1) is 26.4. The largest absolute Gasteiger partial charge is 0.433 e. The van der Waals surface area contributed by atoms with Crippen LogP contribution in [0.15, 0.2) is 24.3 Å². The summed E-state index contributed by atoms with van der Waals surface area (Å²) in [6.45, 7) is 4.03. The van der Waals surface area contributed by atoms with Crippen LogP contribution in [0.4, 0.5) is 13.2 Å². The van der Waals surface area contributed by atoms with Gasteiger partial charge in [-0.1, -0.05) is 31.2 Å². The Kier molecular flexibility index (Phi) is 7.60. The third kappa shape index (κ3) is 5.07. The van der Waals surface area contributed by atoms with E-state index in [-0.39, 0.29) is 6.42 Å². The minimum atomic E-state index is -4.84. The second kappa shape index (κ2) is 9.80. The van der Waals surface area contributed by atoms with E-state index in [2.05, 4.69) is 5.10 Å². The van der Waals surface area contributed by atoms with Crippen molar-refractivity contribution >= 4 is 0 Å². The molecule has 0 saturated carbocycles. The van der Waals surface area contributed by atoms with Crippen LogP contribution in [-0.2, 0) is 23.8 Å². The highest BCUT2D eigenvalue weighted by Crippen LogP contribution is 2.41. The Morgan fingerprint density at radius 1 is 1.12 bits per heavy atom. The molecule has 2 aromatic rings. The van der Waals surface area contributed by atoms with Crippen LogP contribution in [0.2, 0.25) is 0 Å². The number of aromatic nitrogens is 2. The number of ether oxygens (including phenoxy) is 2. The van der Waals surface area contributed by atoms with Gasteiger partial charge in [0.15, 0.2) is 6.10 Å². The van der Waals surface area contributed by atoms with Crippen molar-refractivity contribution in [3.8, 4) is 5.88 Å². The van der Waals surface area contributed by atoms with Crippen LogP contribution in [0.3, 0.4) is 0 Å². The van der Waals surface area contributed by atoms with E-state index in [1.807, 2.05) is 6.92 Å². The van der Waals surface area contributed by atoms with Gasteiger partial charge in [-0.15, -0.1) is 5.10 Å². The minimum Gasteiger partial charge on any atom is -0.417 e. The average molecular weight is 490 g/mol. The van der Waals surface area contributed by atoms with Crippen molar-refractivity contribution in [3.05, 3.63) is 46.6 Å². The number of benzene rings is 1. The van der Waals surface area contributed by atoms with Crippen LogP contribution < -0.4 is 4.74 Å². The zero-order valence-corrected chi connectivity index (χ0v) is 18.9. The zero-order valence-electron chi connectivity index (χ0n) is 18.9. The maximum atomic E-state index is 14.1. The molecule has 0 unspecified atom stereocenters.